The van der Waals surface area contributed by atoms with Crippen molar-refractivity contribution < 1.29 is 23.6 Å². The minimum absolute atomic E-state index is 0.0350. The first-order valence-electron chi connectivity index (χ1n) is 7.93. The van der Waals surface area contributed by atoms with Gasteiger partial charge in [-0.2, -0.15) is 0 Å². The summed E-state index contributed by atoms with van der Waals surface area (Å²) < 4.78 is 18.1. The maximum Gasteiger partial charge on any atom is 0.349 e. The van der Waals surface area contributed by atoms with Crippen molar-refractivity contribution in [2.45, 2.75) is 6.04 Å². The van der Waals surface area contributed by atoms with Gasteiger partial charge in [-0.1, -0.05) is 29.5 Å². The molecule has 0 bridgehead atoms. The van der Waals surface area contributed by atoms with Crippen molar-refractivity contribution in [3.8, 4) is 0 Å². The molecule has 10 heteroatoms. The van der Waals surface area contributed by atoms with Gasteiger partial charge in [-0.25, -0.2) is 9.18 Å². The largest absolute Gasteiger partial charge is 0.451 e. The van der Waals surface area contributed by atoms with E-state index in [1.807, 2.05) is 17.5 Å². The number of carbonyl (C=O) groups is 2. The lowest BCUT2D eigenvalue weighted by atomic mass is 10.1. The second kappa shape index (κ2) is 8.72. The van der Waals surface area contributed by atoms with Crippen LogP contribution in [-0.2, 0) is 9.53 Å². The highest BCUT2D eigenvalue weighted by molar-refractivity contribution is 7.17. The second-order valence-electron chi connectivity index (χ2n) is 5.54. The normalized spacial score (nSPS) is 11.6. The summed E-state index contributed by atoms with van der Waals surface area (Å²) in [5.74, 6) is -1.76. The third-order valence-corrected chi connectivity index (χ3v) is 5.60. The number of nitrogens with zero attached hydrogens (tertiary/aromatic N) is 1. The highest BCUT2D eigenvalue weighted by Crippen LogP contribution is 2.27. The fourth-order valence-electron chi connectivity index (χ4n) is 2.37. The molecule has 1 amide bonds. The molecule has 0 saturated carbocycles. The Bertz CT molecular complexity index is 986. The summed E-state index contributed by atoms with van der Waals surface area (Å²) in [6.45, 7) is -0.548. The molecule has 7 nitrogen and oxygen atoms in total. The van der Waals surface area contributed by atoms with E-state index in [2.05, 4.69) is 5.32 Å². The fraction of sp³-hybridized carbons (Fsp3) is 0.111. The number of rotatable bonds is 7. The molecule has 0 radical (unpaired) electrons. The number of esters is 1. The summed E-state index contributed by atoms with van der Waals surface area (Å²) in [6, 6.07) is 11.3. The van der Waals surface area contributed by atoms with Crippen molar-refractivity contribution in [1.82, 2.24) is 5.32 Å². The molecule has 3 aromatic rings. The highest BCUT2D eigenvalue weighted by atomic mass is 32.1. The Balaban J connectivity index is 1.64. The zero-order chi connectivity index (χ0) is 20.1. The van der Waals surface area contributed by atoms with Crippen LogP contribution in [0.4, 0.5) is 9.39 Å². The minimum Gasteiger partial charge on any atom is -0.451 e. The zero-order valence-corrected chi connectivity index (χ0v) is 15.8. The van der Waals surface area contributed by atoms with E-state index in [9.17, 15) is 24.1 Å². The maximum atomic E-state index is 13.2. The number of thiophene rings is 2. The van der Waals surface area contributed by atoms with Crippen LogP contribution in [0, 0.1) is 15.9 Å². The predicted molar refractivity (Wildman–Crippen MR) is 102 cm³/mol. The molecule has 1 atom stereocenters. The molecular formula is C18H13FN2O5S2. The van der Waals surface area contributed by atoms with Crippen LogP contribution in [0.2, 0.25) is 0 Å². The lowest BCUT2D eigenvalue weighted by molar-refractivity contribution is -0.380. The molecule has 28 heavy (non-hydrogen) atoms. The van der Waals surface area contributed by atoms with E-state index < -0.39 is 29.4 Å². The molecule has 0 aliphatic rings. The van der Waals surface area contributed by atoms with Crippen LogP contribution in [0.5, 0.6) is 0 Å². The number of carbonyl (C=O) groups excluding carboxylic acids is 2. The molecule has 0 fully saturated rings. The van der Waals surface area contributed by atoms with E-state index in [0.29, 0.717) is 16.9 Å². The average Bonchev–Trinajstić information content (AvgIpc) is 3.37. The van der Waals surface area contributed by atoms with Crippen molar-refractivity contribution in [1.29, 1.82) is 0 Å². The summed E-state index contributed by atoms with van der Waals surface area (Å²) >= 11 is 2.09. The van der Waals surface area contributed by atoms with Gasteiger partial charge in [0, 0.05) is 10.9 Å². The minimum atomic E-state index is -0.817. The summed E-state index contributed by atoms with van der Waals surface area (Å²) in [7, 11) is 0. The summed E-state index contributed by atoms with van der Waals surface area (Å²) in [6.07, 6.45) is 0. The molecule has 1 aromatic carbocycles. The average molecular weight is 420 g/mol. The number of nitro groups is 1. The van der Waals surface area contributed by atoms with E-state index >= 15 is 0 Å². The molecule has 0 spiro atoms. The number of nitrogens with one attached hydrogen (secondary N) is 1. The first kappa shape index (κ1) is 19.6. The highest BCUT2D eigenvalue weighted by Gasteiger charge is 2.21. The quantitative estimate of drug-likeness (QED) is 0.355. The Morgan fingerprint density at radius 2 is 1.93 bits per heavy atom. The smallest absolute Gasteiger partial charge is 0.349 e. The van der Waals surface area contributed by atoms with Gasteiger partial charge in [-0.15, -0.1) is 11.3 Å². The Morgan fingerprint density at radius 1 is 1.18 bits per heavy atom. The Hall–Kier alpha value is -3.11. The number of ether oxygens (including phenoxy) is 1. The van der Waals surface area contributed by atoms with Gasteiger partial charge >= 0.3 is 11.0 Å². The molecule has 2 aromatic heterocycles. The monoisotopic (exact) mass is 420 g/mol. The van der Waals surface area contributed by atoms with Crippen molar-refractivity contribution in [2.75, 3.05) is 6.61 Å². The van der Waals surface area contributed by atoms with Crippen LogP contribution in [0.25, 0.3) is 0 Å². The van der Waals surface area contributed by atoms with Gasteiger partial charge < -0.3 is 10.1 Å². The number of hydrogen-bond donors (Lipinski definition) is 1. The first-order chi connectivity index (χ1) is 13.4. The van der Waals surface area contributed by atoms with E-state index in [4.69, 9.17) is 4.74 Å². The van der Waals surface area contributed by atoms with E-state index in [1.54, 1.807) is 12.1 Å². The third kappa shape index (κ3) is 4.78. The van der Waals surface area contributed by atoms with E-state index in [0.717, 1.165) is 4.88 Å². The van der Waals surface area contributed by atoms with Gasteiger partial charge in [-0.3, -0.25) is 14.9 Å². The molecule has 144 valence electrons. The number of hydrogen-bond acceptors (Lipinski definition) is 7. The van der Waals surface area contributed by atoms with E-state index in [1.165, 1.54) is 35.6 Å². The lowest BCUT2D eigenvalue weighted by Gasteiger charge is -2.18. The van der Waals surface area contributed by atoms with E-state index in [-0.39, 0.29) is 15.7 Å². The van der Waals surface area contributed by atoms with Crippen molar-refractivity contribution in [2.24, 2.45) is 0 Å². The van der Waals surface area contributed by atoms with Gasteiger partial charge in [0.2, 0.25) is 0 Å². The summed E-state index contributed by atoms with van der Waals surface area (Å²) in [4.78, 5) is 35.2. The molecule has 3 rings (SSSR count). The van der Waals surface area contributed by atoms with Gasteiger partial charge in [0.05, 0.1) is 11.0 Å². The summed E-state index contributed by atoms with van der Waals surface area (Å²) in [5, 5.41) is 15.1. The number of benzene rings is 1. The number of halogens is 1. The summed E-state index contributed by atoms with van der Waals surface area (Å²) in [5.41, 5.74) is 0.678. The van der Waals surface area contributed by atoms with Gasteiger partial charge in [0.1, 0.15) is 10.7 Å². The Morgan fingerprint density at radius 3 is 2.54 bits per heavy atom. The van der Waals surface area contributed by atoms with Crippen LogP contribution in [-0.4, -0.2) is 23.4 Å². The first-order valence-corrected chi connectivity index (χ1v) is 9.63. The topological polar surface area (TPSA) is 98.5 Å². The SMILES string of the molecule is O=C(COC(=O)c1ccc([N+](=O)[O-])s1)NC(c1ccc(F)cc1)c1cccs1. The standard InChI is InChI=1S/C18H13FN2O5S2/c19-12-5-3-11(4-6-12)17(13-2-1-9-27-13)20-15(22)10-26-18(23)14-7-8-16(28-14)21(24)25/h1-9,17H,10H2,(H,20,22). The molecule has 1 unspecified atom stereocenters. The van der Waals surface area contributed by atoms with Crippen molar-refractivity contribution in [3.05, 3.63) is 85.2 Å². The van der Waals surface area contributed by atoms with Gasteiger partial charge in [-0.05, 0) is 35.2 Å². The molecule has 0 aliphatic carbocycles. The molecule has 2 heterocycles. The van der Waals surface area contributed by atoms with Crippen LogP contribution in [0.15, 0.2) is 53.9 Å². The van der Waals surface area contributed by atoms with Crippen molar-refractivity contribution in [3.63, 3.8) is 0 Å². The van der Waals surface area contributed by atoms with Crippen LogP contribution in [0.3, 0.4) is 0 Å². The lowest BCUT2D eigenvalue weighted by Crippen LogP contribution is -2.32. The third-order valence-electron chi connectivity index (χ3n) is 3.64. The zero-order valence-electron chi connectivity index (χ0n) is 14.2. The molecule has 0 saturated heterocycles. The van der Waals surface area contributed by atoms with Crippen LogP contribution in [0.1, 0.15) is 26.2 Å². The van der Waals surface area contributed by atoms with Crippen molar-refractivity contribution >= 4 is 39.6 Å². The maximum absolute atomic E-state index is 13.2. The Kier molecular flexibility index (Phi) is 6.12. The fourth-order valence-corrected chi connectivity index (χ4v) is 3.89. The van der Waals surface area contributed by atoms with Crippen LogP contribution >= 0.6 is 22.7 Å². The molecule has 1 N–H and O–H groups in total. The predicted octanol–water partition coefficient (Wildman–Crippen LogP) is 3.92. The second-order valence-corrected chi connectivity index (χ2v) is 7.58. The molecular weight excluding hydrogens is 407 g/mol. The van der Waals surface area contributed by atoms with Crippen LogP contribution < -0.4 is 5.32 Å². The number of amides is 1. The van der Waals surface area contributed by atoms with Gasteiger partial charge in [0.25, 0.3) is 5.91 Å². The Labute approximate surface area is 166 Å². The van der Waals surface area contributed by atoms with Gasteiger partial charge in [0.15, 0.2) is 6.61 Å². The molecule has 0 aliphatic heterocycles.